The maximum Gasteiger partial charge on any atom is 0.226 e. The van der Waals surface area contributed by atoms with Crippen molar-refractivity contribution in [2.45, 2.75) is 0 Å². The molecule has 0 N–H and O–H groups in total. The maximum atomic E-state index is 6.47. The molecule has 0 saturated heterocycles. The lowest BCUT2D eigenvalue weighted by atomic mass is 10.0. The van der Waals surface area contributed by atoms with Crippen molar-refractivity contribution in [2.75, 3.05) is 0 Å². The van der Waals surface area contributed by atoms with E-state index < -0.39 is 0 Å². The summed E-state index contributed by atoms with van der Waals surface area (Å²) in [7, 11) is 0. The number of hydrogen-bond acceptors (Lipinski definition) is 4. The summed E-state index contributed by atoms with van der Waals surface area (Å²) >= 11 is 6.47. The largest absolute Gasteiger partial charge is 0.456 e. The zero-order valence-electron chi connectivity index (χ0n) is 20.2. The van der Waals surface area contributed by atoms with Crippen LogP contribution in [-0.2, 0) is 0 Å². The summed E-state index contributed by atoms with van der Waals surface area (Å²) in [5, 5.41) is 2.09. The Morgan fingerprint density at radius 2 is 1.11 bits per heavy atom. The van der Waals surface area contributed by atoms with Gasteiger partial charge in [-0.05, 0) is 58.1 Å². The van der Waals surface area contributed by atoms with E-state index >= 15 is 0 Å². The second-order valence-corrected chi connectivity index (χ2v) is 9.39. The summed E-state index contributed by atoms with van der Waals surface area (Å²) in [6, 6.07) is 40.9. The molecule has 0 aliphatic heterocycles. The van der Waals surface area contributed by atoms with Crippen molar-refractivity contribution in [3.8, 4) is 45.0 Å². The van der Waals surface area contributed by atoms with Crippen LogP contribution in [0.25, 0.3) is 67.0 Å². The number of hydrogen-bond donors (Lipinski definition) is 0. The standard InChI is InChI=1S/C33H20ClN3O/c34-33-36-31(25-14-7-13-23(19-25)21-9-3-1-4-10-21)35-32(37-33)26-15-8-16-29-30(26)27-20-24(17-18-28(27)38-29)22-11-5-2-6-12-22/h1-20H. The van der Waals surface area contributed by atoms with Crippen LogP contribution in [0.3, 0.4) is 0 Å². The van der Waals surface area contributed by atoms with Crippen molar-refractivity contribution < 1.29 is 4.42 Å². The summed E-state index contributed by atoms with van der Waals surface area (Å²) in [4.78, 5) is 13.9. The van der Waals surface area contributed by atoms with Crippen molar-refractivity contribution >= 4 is 33.5 Å². The lowest BCUT2D eigenvalue weighted by Gasteiger charge is -2.08. The predicted octanol–water partition coefficient (Wildman–Crippen LogP) is 9.09. The fraction of sp³-hybridized carbons (Fsp3) is 0. The van der Waals surface area contributed by atoms with Crippen LogP contribution in [0.15, 0.2) is 126 Å². The molecule has 38 heavy (non-hydrogen) atoms. The Balaban J connectivity index is 1.39. The quantitative estimate of drug-likeness (QED) is 0.237. The molecule has 4 nitrogen and oxygen atoms in total. The molecule has 0 aliphatic carbocycles. The Hall–Kier alpha value is -4.80. The average Bonchev–Trinajstić information content (AvgIpc) is 3.36. The minimum Gasteiger partial charge on any atom is -0.456 e. The molecule has 2 heterocycles. The molecule has 0 spiro atoms. The van der Waals surface area contributed by atoms with E-state index in [1.807, 2.05) is 72.8 Å². The van der Waals surface area contributed by atoms with Crippen LogP contribution >= 0.6 is 11.6 Å². The molecule has 0 fully saturated rings. The minimum atomic E-state index is 0.143. The van der Waals surface area contributed by atoms with Gasteiger partial charge in [0.2, 0.25) is 5.28 Å². The van der Waals surface area contributed by atoms with E-state index in [4.69, 9.17) is 21.0 Å². The smallest absolute Gasteiger partial charge is 0.226 e. The highest BCUT2D eigenvalue weighted by Crippen LogP contribution is 2.38. The fourth-order valence-corrected chi connectivity index (χ4v) is 5.05. The zero-order valence-corrected chi connectivity index (χ0v) is 20.9. The predicted molar refractivity (Wildman–Crippen MR) is 154 cm³/mol. The summed E-state index contributed by atoms with van der Waals surface area (Å²) in [5.41, 5.74) is 7.75. The van der Waals surface area contributed by atoms with Gasteiger partial charge in [0.25, 0.3) is 0 Å². The molecule has 7 rings (SSSR count). The van der Waals surface area contributed by atoms with Gasteiger partial charge in [-0.1, -0.05) is 97.1 Å². The lowest BCUT2D eigenvalue weighted by molar-refractivity contribution is 0.669. The van der Waals surface area contributed by atoms with Crippen molar-refractivity contribution in [1.82, 2.24) is 15.0 Å². The molecule has 0 aliphatic rings. The molecule has 0 unspecified atom stereocenters. The molecule has 0 amide bonds. The Morgan fingerprint density at radius 3 is 1.87 bits per heavy atom. The van der Waals surface area contributed by atoms with E-state index in [1.54, 1.807) is 0 Å². The number of benzene rings is 5. The van der Waals surface area contributed by atoms with Crippen molar-refractivity contribution in [1.29, 1.82) is 0 Å². The molecular weight excluding hydrogens is 490 g/mol. The minimum absolute atomic E-state index is 0.143. The van der Waals surface area contributed by atoms with E-state index in [2.05, 4.69) is 58.5 Å². The van der Waals surface area contributed by atoms with Gasteiger partial charge < -0.3 is 4.42 Å². The molecule has 0 radical (unpaired) electrons. The van der Waals surface area contributed by atoms with E-state index in [1.165, 1.54) is 0 Å². The Labute approximate surface area is 224 Å². The number of rotatable bonds is 4. The molecular formula is C33H20ClN3O. The Kier molecular flexibility index (Phi) is 5.46. The van der Waals surface area contributed by atoms with Crippen molar-refractivity contribution in [2.24, 2.45) is 0 Å². The van der Waals surface area contributed by atoms with E-state index in [0.29, 0.717) is 11.6 Å². The van der Waals surface area contributed by atoms with E-state index in [9.17, 15) is 0 Å². The van der Waals surface area contributed by atoms with Gasteiger partial charge >= 0.3 is 0 Å². The summed E-state index contributed by atoms with van der Waals surface area (Å²) < 4.78 is 6.21. The fourth-order valence-electron chi connectivity index (χ4n) is 4.89. The first-order valence-corrected chi connectivity index (χ1v) is 12.7. The molecule has 180 valence electrons. The van der Waals surface area contributed by atoms with Crippen LogP contribution < -0.4 is 0 Å². The number of halogens is 1. The number of furan rings is 1. The highest BCUT2D eigenvalue weighted by Gasteiger charge is 2.17. The van der Waals surface area contributed by atoms with Gasteiger partial charge in [0.05, 0.1) is 0 Å². The number of nitrogens with zero attached hydrogens (tertiary/aromatic N) is 3. The molecule has 5 aromatic carbocycles. The molecule has 2 aromatic heterocycles. The SMILES string of the molecule is Clc1nc(-c2cccc(-c3ccccc3)c2)nc(-c2cccc3oc4ccc(-c5ccccc5)cc4c23)n1. The van der Waals surface area contributed by atoms with Gasteiger partial charge in [-0.25, -0.2) is 4.98 Å². The van der Waals surface area contributed by atoms with Crippen LogP contribution in [0.5, 0.6) is 0 Å². The second-order valence-electron chi connectivity index (χ2n) is 9.06. The summed E-state index contributed by atoms with van der Waals surface area (Å²) in [6.45, 7) is 0. The second kappa shape index (κ2) is 9.25. The first kappa shape index (κ1) is 22.4. The Morgan fingerprint density at radius 1 is 0.474 bits per heavy atom. The Bertz CT molecular complexity index is 1930. The van der Waals surface area contributed by atoms with E-state index in [-0.39, 0.29) is 5.28 Å². The van der Waals surface area contributed by atoms with Crippen molar-refractivity contribution in [3.05, 3.63) is 127 Å². The third kappa shape index (κ3) is 4.01. The number of aromatic nitrogens is 3. The first-order chi connectivity index (χ1) is 18.7. The van der Waals surface area contributed by atoms with Crippen LogP contribution in [0.1, 0.15) is 0 Å². The van der Waals surface area contributed by atoms with Crippen LogP contribution in [0, 0.1) is 0 Å². The molecule has 0 atom stereocenters. The van der Waals surface area contributed by atoms with Crippen LogP contribution in [0.2, 0.25) is 5.28 Å². The van der Waals surface area contributed by atoms with Gasteiger partial charge in [0, 0.05) is 21.9 Å². The highest BCUT2D eigenvalue weighted by molar-refractivity contribution is 6.28. The third-order valence-electron chi connectivity index (χ3n) is 6.68. The van der Waals surface area contributed by atoms with E-state index in [0.717, 1.165) is 55.3 Å². The lowest BCUT2D eigenvalue weighted by Crippen LogP contribution is -1.97. The third-order valence-corrected chi connectivity index (χ3v) is 6.85. The normalized spacial score (nSPS) is 11.3. The average molecular weight is 510 g/mol. The molecule has 5 heteroatoms. The van der Waals surface area contributed by atoms with Gasteiger partial charge in [0.15, 0.2) is 11.6 Å². The van der Waals surface area contributed by atoms with Crippen molar-refractivity contribution in [3.63, 3.8) is 0 Å². The summed E-state index contributed by atoms with van der Waals surface area (Å²) in [5.74, 6) is 1.02. The number of fused-ring (bicyclic) bond motifs is 3. The topological polar surface area (TPSA) is 51.8 Å². The monoisotopic (exact) mass is 509 g/mol. The van der Waals surface area contributed by atoms with Gasteiger partial charge in [0.1, 0.15) is 11.2 Å². The summed E-state index contributed by atoms with van der Waals surface area (Å²) in [6.07, 6.45) is 0. The first-order valence-electron chi connectivity index (χ1n) is 12.3. The maximum absolute atomic E-state index is 6.47. The highest BCUT2D eigenvalue weighted by atomic mass is 35.5. The molecule has 0 bridgehead atoms. The van der Waals surface area contributed by atoms with Gasteiger partial charge in [-0.2, -0.15) is 9.97 Å². The molecule has 7 aromatic rings. The van der Waals surface area contributed by atoms with Gasteiger partial charge in [-0.3, -0.25) is 0 Å². The zero-order chi connectivity index (χ0) is 25.5. The van der Waals surface area contributed by atoms with Gasteiger partial charge in [-0.15, -0.1) is 0 Å². The molecule has 0 saturated carbocycles. The van der Waals surface area contributed by atoms with Crippen LogP contribution in [0.4, 0.5) is 0 Å². The van der Waals surface area contributed by atoms with Crippen LogP contribution in [-0.4, -0.2) is 15.0 Å².